The van der Waals surface area contributed by atoms with Gasteiger partial charge in [0.2, 0.25) is 0 Å². The van der Waals surface area contributed by atoms with Gasteiger partial charge in [-0.25, -0.2) is 0 Å². The Balaban J connectivity index is 1.77. The number of aliphatic imine (C=N–C) groups is 1. The number of nitrogens with one attached hydrogen (secondary N) is 1. The molecule has 0 saturated carbocycles. The van der Waals surface area contributed by atoms with E-state index in [0.29, 0.717) is 0 Å². The minimum atomic E-state index is 0.736. The van der Waals surface area contributed by atoms with Gasteiger partial charge in [0.05, 0.1) is 12.2 Å². The fourth-order valence-corrected chi connectivity index (χ4v) is 3.63. The molecule has 1 aliphatic heterocycles. The van der Waals surface area contributed by atoms with E-state index in [4.69, 9.17) is 4.99 Å². The van der Waals surface area contributed by atoms with Gasteiger partial charge in [-0.15, -0.1) is 0 Å². The van der Waals surface area contributed by atoms with Crippen LogP contribution in [-0.2, 0) is 6.54 Å². The lowest BCUT2D eigenvalue weighted by Crippen LogP contribution is -2.02. The molecular weight excluding hydrogens is 264 g/mol. The molecule has 0 aliphatic carbocycles. The molecule has 0 amide bonds. The molecule has 1 N–H and O–H groups in total. The first-order valence-corrected chi connectivity index (χ1v) is 7.52. The van der Waals surface area contributed by atoms with E-state index in [2.05, 4.69) is 60.4 Å². The molecule has 3 aromatic rings. The Hall–Kier alpha value is -2.00. The highest BCUT2D eigenvalue weighted by Gasteiger charge is 2.19. The van der Waals surface area contributed by atoms with E-state index >= 15 is 0 Å². The maximum Gasteiger partial charge on any atom is 0.103 e. The van der Waals surface area contributed by atoms with Crippen molar-refractivity contribution < 1.29 is 0 Å². The maximum absolute atomic E-state index is 4.71. The summed E-state index contributed by atoms with van der Waals surface area (Å²) in [5.41, 5.74) is 4.91. The van der Waals surface area contributed by atoms with Gasteiger partial charge in [-0.2, -0.15) is 0 Å². The molecular formula is C17H14N2S. The van der Waals surface area contributed by atoms with E-state index in [9.17, 15) is 0 Å². The molecule has 0 fully saturated rings. The Labute approximate surface area is 121 Å². The van der Waals surface area contributed by atoms with Crippen molar-refractivity contribution in [3.05, 3.63) is 65.4 Å². The van der Waals surface area contributed by atoms with Crippen molar-refractivity contribution in [1.82, 2.24) is 4.98 Å². The van der Waals surface area contributed by atoms with Gasteiger partial charge in [0.25, 0.3) is 0 Å². The Morgan fingerprint density at radius 1 is 1.05 bits per heavy atom. The Morgan fingerprint density at radius 2 is 1.85 bits per heavy atom. The number of para-hydroxylation sites is 1. The number of H-pyrrole nitrogens is 1. The van der Waals surface area contributed by atoms with Crippen LogP contribution in [0.15, 0.2) is 58.4 Å². The van der Waals surface area contributed by atoms with Crippen LogP contribution in [0, 0.1) is 6.92 Å². The van der Waals surface area contributed by atoms with E-state index in [-0.39, 0.29) is 0 Å². The topological polar surface area (TPSA) is 28.1 Å². The summed E-state index contributed by atoms with van der Waals surface area (Å²) < 4.78 is 0. The van der Waals surface area contributed by atoms with Gasteiger partial charge in [-0.05, 0) is 13.0 Å². The van der Waals surface area contributed by atoms with E-state index < -0.39 is 0 Å². The lowest BCUT2D eigenvalue weighted by atomic mass is 10.2. The Bertz CT molecular complexity index is 813. The largest absolute Gasteiger partial charge is 0.356 e. The number of fused-ring (bicyclic) bond motifs is 3. The molecule has 1 aromatic heterocycles. The first-order valence-electron chi connectivity index (χ1n) is 6.70. The van der Waals surface area contributed by atoms with Gasteiger partial charge >= 0.3 is 0 Å². The lowest BCUT2D eigenvalue weighted by molar-refractivity contribution is 0.982. The molecule has 3 heteroatoms. The highest BCUT2D eigenvalue weighted by molar-refractivity contribution is 8.14. The number of nitrogens with zero attached hydrogens (tertiary/aromatic N) is 1. The molecule has 0 unspecified atom stereocenters. The summed E-state index contributed by atoms with van der Waals surface area (Å²) in [6, 6.07) is 17.1. The van der Waals surface area contributed by atoms with Crippen LogP contribution in [0.5, 0.6) is 0 Å². The second-order valence-electron chi connectivity index (χ2n) is 5.07. The molecule has 2 heterocycles. The molecule has 0 atom stereocenters. The van der Waals surface area contributed by atoms with Gasteiger partial charge in [0.15, 0.2) is 0 Å². The summed E-state index contributed by atoms with van der Waals surface area (Å²) in [5, 5.41) is 2.41. The van der Waals surface area contributed by atoms with Gasteiger partial charge in [-0.3, -0.25) is 4.99 Å². The van der Waals surface area contributed by atoms with Crippen LogP contribution in [-0.4, -0.2) is 10.0 Å². The van der Waals surface area contributed by atoms with E-state index in [1.807, 2.05) is 0 Å². The van der Waals surface area contributed by atoms with E-state index in [0.717, 1.165) is 11.6 Å². The zero-order valence-corrected chi connectivity index (χ0v) is 12.0. The Kier molecular flexibility index (Phi) is 2.67. The molecule has 4 rings (SSSR count). The second kappa shape index (κ2) is 4.53. The fraction of sp³-hybridized carbons (Fsp3) is 0.118. The normalized spacial score (nSPS) is 14.2. The third-order valence-corrected chi connectivity index (χ3v) is 4.84. The number of thioether (sulfide) groups is 1. The SMILES string of the molecule is Cc1ccc(C2=NCc3[nH]c4ccccc4c3S2)cc1. The van der Waals surface area contributed by atoms with Crippen LogP contribution in [0.2, 0.25) is 0 Å². The summed E-state index contributed by atoms with van der Waals surface area (Å²) in [7, 11) is 0. The van der Waals surface area contributed by atoms with Crippen molar-refractivity contribution in [1.29, 1.82) is 0 Å². The minimum absolute atomic E-state index is 0.736. The monoisotopic (exact) mass is 278 g/mol. The fourth-order valence-electron chi connectivity index (χ4n) is 2.53. The zero-order valence-electron chi connectivity index (χ0n) is 11.2. The van der Waals surface area contributed by atoms with Gasteiger partial charge < -0.3 is 4.98 Å². The molecule has 0 spiro atoms. The molecule has 20 heavy (non-hydrogen) atoms. The number of aromatic amines is 1. The number of aryl methyl sites for hydroxylation is 1. The van der Waals surface area contributed by atoms with Gasteiger partial charge in [-0.1, -0.05) is 59.8 Å². The summed E-state index contributed by atoms with van der Waals surface area (Å²) in [6.45, 7) is 2.84. The van der Waals surface area contributed by atoms with Crippen molar-refractivity contribution in [3.8, 4) is 0 Å². The quantitative estimate of drug-likeness (QED) is 0.696. The number of rotatable bonds is 1. The van der Waals surface area contributed by atoms with Crippen molar-refractivity contribution in [2.75, 3.05) is 0 Å². The first-order chi connectivity index (χ1) is 9.81. The van der Waals surface area contributed by atoms with Crippen LogP contribution in [0.25, 0.3) is 10.9 Å². The first kappa shape index (κ1) is 11.8. The minimum Gasteiger partial charge on any atom is -0.356 e. The lowest BCUT2D eigenvalue weighted by Gasteiger charge is -2.12. The molecule has 0 radical (unpaired) electrons. The predicted octanol–water partition coefficient (Wildman–Crippen LogP) is 4.53. The maximum atomic E-state index is 4.71. The third-order valence-electron chi connectivity index (χ3n) is 3.61. The standard InChI is InChI=1S/C17H14N2S/c1-11-6-8-12(9-7-11)17-18-10-15-16(20-17)13-4-2-3-5-14(13)19-15/h2-9,19H,10H2,1H3. The second-order valence-corrected chi connectivity index (χ2v) is 6.07. The van der Waals surface area contributed by atoms with Crippen molar-refractivity contribution in [3.63, 3.8) is 0 Å². The number of benzene rings is 2. The van der Waals surface area contributed by atoms with Crippen LogP contribution in [0.3, 0.4) is 0 Å². The van der Waals surface area contributed by atoms with Crippen LogP contribution < -0.4 is 0 Å². The number of hydrogen-bond acceptors (Lipinski definition) is 2. The van der Waals surface area contributed by atoms with E-state index in [1.165, 1.54) is 32.6 Å². The molecule has 0 bridgehead atoms. The zero-order chi connectivity index (χ0) is 13.5. The number of hydrogen-bond donors (Lipinski definition) is 1. The molecule has 2 nitrogen and oxygen atoms in total. The molecule has 2 aromatic carbocycles. The van der Waals surface area contributed by atoms with E-state index in [1.54, 1.807) is 11.8 Å². The molecule has 98 valence electrons. The number of aromatic nitrogens is 1. The van der Waals surface area contributed by atoms with Crippen molar-refractivity contribution in [2.45, 2.75) is 18.4 Å². The summed E-state index contributed by atoms with van der Waals surface area (Å²) in [5.74, 6) is 0. The summed E-state index contributed by atoms with van der Waals surface area (Å²) in [6.07, 6.45) is 0. The third kappa shape index (κ3) is 1.86. The smallest absolute Gasteiger partial charge is 0.103 e. The average Bonchev–Trinajstić information content (AvgIpc) is 2.86. The predicted molar refractivity (Wildman–Crippen MR) is 85.6 cm³/mol. The van der Waals surface area contributed by atoms with Crippen molar-refractivity contribution >= 4 is 27.7 Å². The van der Waals surface area contributed by atoms with Crippen LogP contribution in [0.4, 0.5) is 0 Å². The van der Waals surface area contributed by atoms with Crippen LogP contribution >= 0.6 is 11.8 Å². The van der Waals surface area contributed by atoms with Crippen molar-refractivity contribution in [2.24, 2.45) is 4.99 Å². The van der Waals surface area contributed by atoms with Crippen LogP contribution in [0.1, 0.15) is 16.8 Å². The molecule has 1 aliphatic rings. The van der Waals surface area contributed by atoms with Gasteiger partial charge in [0, 0.05) is 21.4 Å². The Morgan fingerprint density at radius 3 is 2.70 bits per heavy atom. The summed E-state index contributed by atoms with van der Waals surface area (Å²) >= 11 is 1.77. The molecule has 0 saturated heterocycles. The highest BCUT2D eigenvalue weighted by atomic mass is 32.2. The summed E-state index contributed by atoms with van der Waals surface area (Å²) in [4.78, 5) is 9.51. The van der Waals surface area contributed by atoms with Gasteiger partial charge in [0.1, 0.15) is 5.04 Å². The average molecular weight is 278 g/mol. The highest BCUT2D eigenvalue weighted by Crippen LogP contribution is 2.37.